The first-order valence-electron chi connectivity index (χ1n) is 9.86. The Bertz CT molecular complexity index is 1000. The summed E-state index contributed by atoms with van der Waals surface area (Å²) >= 11 is 0. The number of ether oxygens (including phenoxy) is 2. The number of ketones is 1. The van der Waals surface area contributed by atoms with Gasteiger partial charge in [-0.05, 0) is 44.0 Å². The van der Waals surface area contributed by atoms with E-state index in [0.29, 0.717) is 11.8 Å². The molecule has 2 atom stereocenters. The summed E-state index contributed by atoms with van der Waals surface area (Å²) in [6.45, 7) is 3.37. The zero-order valence-corrected chi connectivity index (χ0v) is 17.7. The molecule has 1 aromatic heterocycles. The van der Waals surface area contributed by atoms with Crippen molar-refractivity contribution < 1.29 is 23.9 Å². The van der Waals surface area contributed by atoms with Crippen LogP contribution in [0.5, 0.6) is 0 Å². The summed E-state index contributed by atoms with van der Waals surface area (Å²) in [5.74, 6) is -1.63. The molecule has 9 heteroatoms. The number of hydrogen-bond donors (Lipinski definition) is 3. The highest BCUT2D eigenvalue weighted by atomic mass is 16.5. The highest BCUT2D eigenvalue weighted by Crippen LogP contribution is 2.21. The molecule has 1 amide bonds. The normalized spacial score (nSPS) is 12.7. The number of rotatable bonds is 11. The van der Waals surface area contributed by atoms with Gasteiger partial charge in [-0.25, -0.2) is 4.79 Å². The average Bonchev–Trinajstić information content (AvgIpc) is 3.15. The molecule has 0 unspecified atom stereocenters. The number of benzene rings is 1. The minimum absolute atomic E-state index is 0.0144. The van der Waals surface area contributed by atoms with E-state index in [0.717, 1.165) is 16.5 Å². The molecule has 0 saturated heterocycles. The summed E-state index contributed by atoms with van der Waals surface area (Å²) in [7, 11) is 1.39. The predicted molar refractivity (Wildman–Crippen MR) is 114 cm³/mol. The maximum Gasteiger partial charge on any atom is 0.328 e. The lowest BCUT2D eigenvalue weighted by molar-refractivity contribution is -0.152. The summed E-state index contributed by atoms with van der Waals surface area (Å²) in [6, 6.07) is 6.27. The van der Waals surface area contributed by atoms with Crippen molar-refractivity contribution in [2.75, 3.05) is 7.11 Å². The fraction of sp³-hybridized carbons (Fsp3) is 0.409. The first-order valence-corrected chi connectivity index (χ1v) is 9.86. The largest absolute Gasteiger partial charge is 0.461 e. The standard InChI is InChI=1S/C22H26N4O5/c1-13(2)31-22(29)19(7-5-16(27)11-24)26-21(28)20(30-3)9-15-12-25-18-6-4-14(10-23)8-17(15)18/h4,6,8,11-13,19-20,24-25H,5,7,9H2,1-3H3,(H,26,28)/t19-,20-/m0/s1. The Kier molecular flexibility index (Phi) is 8.46. The van der Waals surface area contributed by atoms with Crippen molar-refractivity contribution >= 4 is 34.8 Å². The monoisotopic (exact) mass is 426 g/mol. The number of nitrogens with one attached hydrogen (secondary N) is 3. The molecule has 0 fully saturated rings. The number of Topliss-reactive ketones (excluding diaryl/α,β-unsaturated/α-hetero) is 1. The lowest BCUT2D eigenvalue weighted by atomic mass is 10.0. The van der Waals surface area contributed by atoms with E-state index in [1.165, 1.54) is 7.11 Å². The molecule has 0 aliphatic rings. The summed E-state index contributed by atoms with van der Waals surface area (Å²) in [5, 5.41) is 19.5. The van der Waals surface area contributed by atoms with Gasteiger partial charge in [-0.1, -0.05) is 0 Å². The molecule has 0 aliphatic heterocycles. The van der Waals surface area contributed by atoms with Gasteiger partial charge in [0.05, 0.1) is 24.0 Å². The van der Waals surface area contributed by atoms with E-state index in [4.69, 9.17) is 20.1 Å². The molecule has 2 rings (SSSR count). The Balaban J connectivity index is 2.16. The molecule has 1 heterocycles. The van der Waals surface area contributed by atoms with Crippen LogP contribution in [0.25, 0.3) is 10.9 Å². The van der Waals surface area contributed by atoms with Crippen LogP contribution < -0.4 is 5.32 Å². The summed E-state index contributed by atoms with van der Waals surface area (Å²) in [4.78, 5) is 39.8. The van der Waals surface area contributed by atoms with E-state index >= 15 is 0 Å². The van der Waals surface area contributed by atoms with Gasteiger partial charge in [0.15, 0.2) is 5.78 Å². The van der Waals surface area contributed by atoms with E-state index < -0.39 is 29.8 Å². The van der Waals surface area contributed by atoms with E-state index in [1.807, 2.05) is 0 Å². The van der Waals surface area contributed by atoms with Crippen molar-refractivity contribution in [2.24, 2.45) is 0 Å². The highest BCUT2D eigenvalue weighted by Gasteiger charge is 2.28. The molecule has 1 aromatic carbocycles. The Hall–Kier alpha value is -3.51. The number of nitriles is 1. The van der Waals surface area contributed by atoms with Gasteiger partial charge in [0.2, 0.25) is 5.91 Å². The Morgan fingerprint density at radius 1 is 1.32 bits per heavy atom. The van der Waals surface area contributed by atoms with Gasteiger partial charge in [0, 0.05) is 37.1 Å². The second-order valence-corrected chi connectivity index (χ2v) is 7.31. The minimum atomic E-state index is -1.04. The SMILES string of the molecule is CO[C@@H](Cc1c[nH]c2ccc(C#N)cc12)C(=O)N[C@@H](CCC(=O)C=N)C(=O)OC(C)C. The van der Waals surface area contributed by atoms with Gasteiger partial charge in [-0.15, -0.1) is 0 Å². The van der Waals surface area contributed by atoms with Crippen LogP contribution in [0, 0.1) is 16.7 Å². The number of aromatic nitrogens is 1. The predicted octanol–water partition coefficient (Wildman–Crippen LogP) is 2.03. The molecule has 0 saturated carbocycles. The quantitative estimate of drug-likeness (QED) is 0.370. The van der Waals surface area contributed by atoms with Gasteiger partial charge in [-0.3, -0.25) is 9.59 Å². The highest BCUT2D eigenvalue weighted by molar-refractivity contribution is 6.26. The number of amides is 1. The molecule has 0 spiro atoms. The van der Waals surface area contributed by atoms with Crippen LogP contribution in [-0.2, 0) is 30.3 Å². The number of methoxy groups -OCH3 is 1. The first-order chi connectivity index (χ1) is 14.8. The first kappa shape index (κ1) is 23.8. The number of H-pyrrole nitrogens is 1. The van der Waals surface area contributed by atoms with Crippen LogP contribution in [0.4, 0.5) is 0 Å². The lowest BCUT2D eigenvalue weighted by Crippen LogP contribution is -2.48. The van der Waals surface area contributed by atoms with Crippen LogP contribution in [-0.4, -0.2) is 54.2 Å². The molecule has 3 N–H and O–H groups in total. The zero-order valence-electron chi connectivity index (χ0n) is 17.7. The van der Waals surface area contributed by atoms with Gasteiger partial charge in [0.1, 0.15) is 12.1 Å². The second kappa shape index (κ2) is 11.0. The van der Waals surface area contributed by atoms with Crippen LogP contribution in [0.3, 0.4) is 0 Å². The Morgan fingerprint density at radius 2 is 2.06 bits per heavy atom. The molecule has 0 bridgehead atoms. The fourth-order valence-corrected chi connectivity index (χ4v) is 3.09. The summed E-state index contributed by atoms with van der Waals surface area (Å²) in [6.07, 6.45) is 1.29. The number of nitrogens with zero attached hydrogens (tertiary/aromatic N) is 1. The van der Waals surface area contributed by atoms with Crippen molar-refractivity contribution in [3.63, 3.8) is 0 Å². The number of hydrogen-bond acceptors (Lipinski definition) is 7. The van der Waals surface area contributed by atoms with Crippen LogP contribution in [0.2, 0.25) is 0 Å². The van der Waals surface area contributed by atoms with E-state index in [-0.39, 0.29) is 25.4 Å². The molecule has 31 heavy (non-hydrogen) atoms. The van der Waals surface area contributed by atoms with Gasteiger partial charge in [0.25, 0.3) is 0 Å². The molecular formula is C22H26N4O5. The molecule has 9 nitrogen and oxygen atoms in total. The number of aromatic amines is 1. The van der Waals surface area contributed by atoms with Gasteiger partial charge in [-0.2, -0.15) is 5.26 Å². The second-order valence-electron chi connectivity index (χ2n) is 7.31. The Labute approximate surface area is 180 Å². The Morgan fingerprint density at radius 3 is 2.68 bits per heavy atom. The van der Waals surface area contributed by atoms with Crippen molar-refractivity contribution in [3.05, 3.63) is 35.5 Å². The smallest absolute Gasteiger partial charge is 0.328 e. The third kappa shape index (κ3) is 6.49. The van der Waals surface area contributed by atoms with Crippen molar-refractivity contribution in [1.29, 1.82) is 10.7 Å². The topological polar surface area (TPSA) is 145 Å². The number of carbonyl (C=O) groups excluding carboxylic acids is 3. The zero-order chi connectivity index (χ0) is 23.0. The lowest BCUT2D eigenvalue weighted by Gasteiger charge is -2.22. The third-order valence-electron chi connectivity index (χ3n) is 4.67. The molecular weight excluding hydrogens is 400 g/mol. The summed E-state index contributed by atoms with van der Waals surface area (Å²) in [5.41, 5.74) is 2.11. The maximum absolute atomic E-state index is 12.8. The molecule has 2 aromatic rings. The van der Waals surface area contributed by atoms with Crippen LogP contribution in [0.15, 0.2) is 24.4 Å². The van der Waals surface area contributed by atoms with Crippen LogP contribution >= 0.6 is 0 Å². The van der Waals surface area contributed by atoms with Gasteiger partial charge >= 0.3 is 5.97 Å². The van der Waals surface area contributed by atoms with Crippen molar-refractivity contribution in [1.82, 2.24) is 10.3 Å². The summed E-state index contributed by atoms with van der Waals surface area (Å²) < 4.78 is 10.5. The number of fused-ring (bicyclic) bond motifs is 1. The van der Waals surface area contributed by atoms with Crippen molar-refractivity contribution in [3.8, 4) is 6.07 Å². The van der Waals surface area contributed by atoms with E-state index in [9.17, 15) is 14.4 Å². The minimum Gasteiger partial charge on any atom is -0.461 e. The molecule has 164 valence electrons. The van der Waals surface area contributed by atoms with Gasteiger partial charge < -0.3 is 25.2 Å². The van der Waals surface area contributed by atoms with E-state index in [1.54, 1.807) is 38.2 Å². The average molecular weight is 426 g/mol. The van der Waals surface area contributed by atoms with E-state index in [2.05, 4.69) is 16.4 Å². The maximum atomic E-state index is 12.8. The molecule has 0 radical (unpaired) electrons. The fourth-order valence-electron chi connectivity index (χ4n) is 3.09. The number of esters is 1. The molecule has 0 aliphatic carbocycles. The van der Waals surface area contributed by atoms with Crippen molar-refractivity contribution in [2.45, 2.75) is 51.4 Å². The third-order valence-corrected chi connectivity index (χ3v) is 4.67. The number of carbonyl (C=O) groups is 3. The van der Waals surface area contributed by atoms with Crippen LogP contribution in [0.1, 0.15) is 37.8 Å².